The van der Waals surface area contributed by atoms with E-state index >= 15 is 0 Å². The molecule has 1 aliphatic heterocycles. The molecule has 0 saturated carbocycles. The number of thioether (sulfide) groups is 1. The SMILES string of the molecule is C=CCOC(=O)C1=C(C)Nc2nc(SCC)nn2C1c1cc(Br)c(OCc2ccccc2Cl)c(OCC)c1. The van der Waals surface area contributed by atoms with Crippen molar-refractivity contribution in [2.45, 2.75) is 38.6 Å². The van der Waals surface area contributed by atoms with Gasteiger partial charge in [0.1, 0.15) is 19.3 Å². The van der Waals surface area contributed by atoms with Gasteiger partial charge < -0.3 is 19.5 Å². The molecule has 1 N–H and O–H groups in total. The molecule has 11 heteroatoms. The van der Waals surface area contributed by atoms with E-state index < -0.39 is 12.0 Å². The second kappa shape index (κ2) is 12.7. The number of anilines is 1. The topological polar surface area (TPSA) is 87.5 Å². The first-order chi connectivity index (χ1) is 18.4. The van der Waals surface area contributed by atoms with Gasteiger partial charge in [0.05, 0.1) is 16.7 Å². The van der Waals surface area contributed by atoms with E-state index in [-0.39, 0.29) is 13.2 Å². The Bertz CT molecular complexity index is 1380. The largest absolute Gasteiger partial charge is 0.490 e. The minimum Gasteiger partial charge on any atom is -0.490 e. The average molecular weight is 620 g/mol. The number of rotatable bonds is 11. The summed E-state index contributed by atoms with van der Waals surface area (Å²) in [6.07, 6.45) is 1.53. The van der Waals surface area contributed by atoms with E-state index in [4.69, 9.17) is 30.9 Å². The molecule has 0 saturated heterocycles. The number of carbonyl (C=O) groups excluding carboxylic acids is 1. The van der Waals surface area contributed by atoms with Crippen molar-refractivity contribution in [3.05, 3.63) is 80.9 Å². The third-order valence-corrected chi connectivity index (χ3v) is 7.31. The van der Waals surface area contributed by atoms with Gasteiger partial charge in [0.2, 0.25) is 11.1 Å². The van der Waals surface area contributed by atoms with Crippen molar-refractivity contribution in [3.63, 3.8) is 0 Å². The van der Waals surface area contributed by atoms with Gasteiger partial charge >= 0.3 is 5.97 Å². The maximum Gasteiger partial charge on any atom is 0.338 e. The maximum atomic E-state index is 13.2. The van der Waals surface area contributed by atoms with Crippen molar-refractivity contribution in [1.29, 1.82) is 0 Å². The monoisotopic (exact) mass is 618 g/mol. The Hall–Kier alpha value is -2.95. The standard InChI is InChI=1S/C27H28BrClN4O4S/c1-5-12-36-25(34)22-16(4)30-26-31-27(38-7-3)32-33(26)23(22)18-13-19(28)24(21(14-18)35-6-2)37-15-17-10-8-9-11-20(17)29/h5,8-11,13-14,23H,1,6-7,12,15H2,2-4H3,(H,30,31,32). The summed E-state index contributed by atoms with van der Waals surface area (Å²) in [5, 5.41) is 9.13. The summed E-state index contributed by atoms with van der Waals surface area (Å²) in [6.45, 7) is 10.2. The normalized spacial score (nSPS) is 14.5. The Morgan fingerprint density at radius 1 is 1.29 bits per heavy atom. The van der Waals surface area contributed by atoms with Crippen LogP contribution < -0.4 is 14.8 Å². The van der Waals surface area contributed by atoms with Crippen LogP contribution >= 0.6 is 39.3 Å². The minimum atomic E-state index is -0.615. The van der Waals surface area contributed by atoms with Gasteiger partial charge in [0.15, 0.2) is 11.5 Å². The number of hydrogen-bond donors (Lipinski definition) is 1. The molecule has 200 valence electrons. The zero-order valence-corrected chi connectivity index (χ0v) is 24.5. The lowest BCUT2D eigenvalue weighted by Crippen LogP contribution is -2.29. The fourth-order valence-corrected chi connectivity index (χ4v) is 5.34. The van der Waals surface area contributed by atoms with Gasteiger partial charge in [-0.1, -0.05) is 61.1 Å². The minimum absolute atomic E-state index is 0.0895. The van der Waals surface area contributed by atoms with Crippen LogP contribution in [0.2, 0.25) is 5.02 Å². The van der Waals surface area contributed by atoms with E-state index in [1.54, 1.807) is 4.68 Å². The molecule has 4 rings (SSSR count). The first-order valence-electron chi connectivity index (χ1n) is 12.0. The summed E-state index contributed by atoms with van der Waals surface area (Å²) < 4.78 is 20.0. The molecule has 0 spiro atoms. The van der Waals surface area contributed by atoms with E-state index in [9.17, 15) is 4.79 Å². The quantitative estimate of drug-likeness (QED) is 0.142. The van der Waals surface area contributed by atoms with Crippen LogP contribution in [0.25, 0.3) is 0 Å². The third-order valence-electron chi connectivity index (χ3n) is 5.64. The van der Waals surface area contributed by atoms with Gasteiger partial charge in [-0.2, -0.15) is 4.98 Å². The fraction of sp³-hybridized carbons (Fsp3) is 0.296. The van der Waals surface area contributed by atoms with Gasteiger partial charge in [-0.15, -0.1) is 5.10 Å². The van der Waals surface area contributed by atoms with Gasteiger partial charge in [-0.05, 0) is 59.3 Å². The summed E-state index contributed by atoms with van der Waals surface area (Å²) in [5.74, 6) is 1.92. The van der Waals surface area contributed by atoms with Crippen molar-refractivity contribution >= 4 is 51.2 Å². The molecule has 1 unspecified atom stereocenters. The van der Waals surface area contributed by atoms with E-state index in [1.807, 2.05) is 57.2 Å². The number of hydrogen-bond acceptors (Lipinski definition) is 8. The Kier molecular flexibility index (Phi) is 9.40. The highest BCUT2D eigenvalue weighted by molar-refractivity contribution is 9.10. The Labute approximate surface area is 239 Å². The molecule has 0 bridgehead atoms. The van der Waals surface area contributed by atoms with E-state index in [0.717, 1.165) is 16.9 Å². The fourth-order valence-electron chi connectivity index (χ4n) is 4.02. The molecule has 1 aliphatic rings. The third kappa shape index (κ3) is 6.03. The number of aromatic nitrogens is 3. The second-order valence-electron chi connectivity index (χ2n) is 8.19. The van der Waals surface area contributed by atoms with Crippen LogP contribution in [-0.2, 0) is 16.1 Å². The molecule has 1 atom stereocenters. The molecule has 8 nitrogen and oxygen atoms in total. The summed E-state index contributed by atoms with van der Waals surface area (Å²) in [7, 11) is 0. The highest BCUT2D eigenvalue weighted by Crippen LogP contribution is 2.43. The number of nitrogens with zero attached hydrogens (tertiary/aromatic N) is 3. The Balaban J connectivity index is 1.79. The van der Waals surface area contributed by atoms with Gasteiger partial charge in [0.25, 0.3) is 0 Å². The molecule has 2 aromatic carbocycles. The zero-order valence-electron chi connectivity index (χ0n) is 21.3. The predicted molar refractivity (Wildman–Crippen MR) is 153 cm³/mol. The number of benzene rings is 2. The number of allylic oxidation sites excluding steroid dienone is 1. The van der Waals surface area contributed by atoms with Crippen LogP contribution in [0, 0.1) is 0 Å². The molecule has 0 amide bonds. The number of ether oxygens (including phenoxy) is 3. The van der Waals surface area contributed by atoms with Crippen molar-refractivity contribution in [1.82, 2.24) is 14.8 Å². The van der Waals surface area contributed by atoms with E-state index in [2.05, 4.69) is 32.8 Å². The average Bonchev–Trinajstić information content (AvgIpc) is 3.29. The van der Waals surface area contributed by atoms with Gasteiger partial charge in [0, 0.05) is 16.3 Å². The molecule has 0 radical (unpaired) electrons. The van der Waals surface area contributed by atoms with Crippen molar-refractivity contribution < 1.29 is 19.0 Å². The molecular formula is C27H28BrClN4O4S. The zero-order chi connectivity index (χ0) is 27.2. The molecular weight excluding hydrogens is 592 g/mol. The molecule has 2 heterocycles. The first kappa shape index (κ1) is 28.1. The number of carbonyl (C=O) groups is 1. The van der Waals surface area contributed by atoms with Crippen molar-refractivity contribution in [2.24, 2.45) is 0 Å². The van der Waals surface area contributed by atoms with E-state index in [0.29, 0.717) is 50.0 Å². The van der Waals surface area contributed by atoms with Crippen molar-refractivity contribution in [2.75, 3.05) is 24.3 Å². The molecule has 0 fully saturated rings. The number of esters is 1. The number of nitrogens with one attached hydrogen (secondary N) is 1. The Morgan fingerprint density at radius 3 is 2.79 bits per heavy atom. The highest BCUT2D eigenvalue weighted by Gasteiger charge is 2.36. The molecule has 1 aromatic heterocycles. The predicted octanol–water partition coefficient (Wildman–Crippen LogP) is 6.80. The second-order valence-corrected chi connectivity index (χ2v) is 10.7. The highest BCUT2D eigenvalue weighted by atomic mass is 79.9. The van der Waals surface area contributed by atoms with E-state index in [1.165, 1.54) is 17.8 Å². The summed E-state index contributed by atoms with van der Waals surface area (Å²) >= 11 is 11.5. The van der Waals surface area contributed by atoms with Crippen LogP contribution in [0.3, 0.4) is 0 Å². The lowest BCUT2D eigenvalue weighted by Gasteiger charge is -2.29. The van der Waals surface area contributed by atoms with Crippen LogP contribution in [0.4, 0.5) is 5.95 Å². The lowest BCUT2D eigenvalue weighted by molar-refractivity contribution is -0.138. The van der Waals surface area contributed by atoms with Crippen molar-refractivity contribution in [3.8, 4) is 11.5 Å². The summed E-state index contributed by atoms with van der Waals surface area (Å²) in [5.41, 5.74) is 2.64. The smallest absolute Gasteiger partial charge is 0.338 e. The van der Waals surface area contributed by atoms with Gasteiger partial charge in [-0.25, -0.2) is 9.48 Å². The van der Waals surface area contributed by atoms with Crippen LogP contribution in [0.1, 0.15) is 37.9 Å². The van der Waals surface area contributed by atoms with Crippen LogP contribution in [-0.4, -0.2) is 39.7 Å². The summed E-state index contributed by atoms with van der Waals surface area (Å²) in [6, 6.07) is 10.7. The maximum absolute atomic E-state index is 13.2. The number of halogens is 2. The lowest BCUT2D eigenvalue weighted by atomic mass is 9.95. The number of fused-ring (bicyclic) bond motifs is 1. The van der Waals surface area contributed by atoms with Crippen LogP contribution in [0.15, 0.2) is 70.0 Å². The van der Waals surface area contributed by atoms with Crippen LogP contribution in [0.5, 0.6) is 11.5 Å². The molecule has 0 aliphatic carbocycles. The first-order valence-corrected chi connectivity index (χ1v) is 14.2. The molecule has 38 heavy (non-hydrogen) atoms. The summed E-state index contributed by atoms with van der Waals surface area (Å²) in [4.78, 5) is 17.8. The van der Waals surface area contributed by atoms with Gasteiger partial charge in [-0.3, -0.25) is 0 Å². The Morgan fingerprint density at radius 2 is 2.08 bits per heavy atom. The molecule has 3 aromatic rings.